The largest absolute Gasteiger partial charge is 0.0876 e. The second kappa shape index (κ2) is 7.59. The van der Waals surface area contributed by atoms with E-state index in [-0.39, 0.29) is 0 Å². The molecule has 0 spiro atoms. The molecular weight excluding hydrogens is 188 g/mol. The predicted octanol–water partition coefficient (Wildman–Crippen LogP) is 4.15. The van der Waals surface area contributed by atoms with E-state index in [1.807, 2.05) is 0 Å². The number of hydrogen-bond acceptors (Lipinski definition) is 0. The van der Waals surface area contributed by atoms with E-state index in [4.69, 9.17) is 0 Å². The van der Waals surface area contributed by atoms with Crippen molar-refractivity contribution >= 4 is 15.9 Å². The van der Waals surface area contributed by atoms with Gasteiger partial charge in [-0.1, -0.05) is 55.5 Å². The first-order valence-electron chi connectivity index (χ1n) is 4.24. The summed E-state index contributed by atoms with van der Waals surface area (Å²) in [5.74, 6) is 0.747. The third-order valence-electron chi connectivity index (χ3n) is 1.73. The Morgan fingerprint density at radius 2 is 2.00 bits per heavy atom. The van der Waals surface area contributed by atoms with Crippen molar-refractivity contribution in [3.05, 3.63) is 5.33 Å². The van der Waals surface area contributed by atoms with Crippen LogP contribution < -0.4 is 0 Å². The quantitative estimate of drug-likeness (QED) is 0.572. The number of halogens is 1. The van der Waals surface area contributed by atoms with Gasteiger partial charge in [0.1, 0.15) is 0 Å². The lowest BCUT2D eigenvalue weighted by molar-refractivity contribution is 0.555. The van der Waals surface area contributed by atoms with Crippen molar-refractivity contribution in [1.29, 1.82) is 0 Å². The molecule has 0 aromatic heterocycles. The fraction of sp³-hybridized carbons (Fsp3) is 0.889. The topological polar surface area (TPSA) is 0 Å². The van der Waals surface area contributed by atoms with Gasteiger partial charge in [-0.25, -0.2) is 0 Å². The van der Waals surface area contributed by atoms with E-state index in [0.29, 0.717) is 0 Å². The molecule has 1 heteroatoms. The van der Waals surface area contributed by atoms with Gasteiger partial charge in [-0.15, -0.1) is 0 Å². The second-order valence-electron chi connectivity index (χ2n) is 2.95. The fourth-order valence-electron chi connectivity index (χ4n) is 0.956. The molecule has 0 nitrogen and oxygen atoms in total. The molecule has 0 aliphatic heterocycles. The zero-order valence-electron chi connectivity index (χ0n) is 7.07. The molecule has 0 saturated carbocycles. The van der Waals surface area contributed by atoms with Crippen LogP contribution in [0.1, 0.15) is 46.0 Å². The average Bonchev–Trinajstić information content (AvgIpc) is 1.98. The number of rotatable bonds is 6. The molecule has 0 rings (SSSR count). The fourth-order valence-corrected chi connectivity index (χ4v) is 1.22. The van der Waals surface area contributed by atoms with Gasteiger partial charge in [0.05, 0.1) is 0 Å². The van der Waals surface area contributed by atoms with E-state index < -0.39 is 0 Å². The van der Waals surface area contributed by atoms with Gasteiger partial charge in [0.2, 0.25) is 0 Å². The van der Waals surface area contributed by atoms with Gasteiger partial charge >= 0.3 is 0 Å². The van der Waals surface area contributed by atoms with Crippen molar-refractivity contribution in [3.8, 4) is 0 Å². The first kappa shape index (κ1) is 10.5. The first-order chi connectivity index (χ1) is 4.81. The Morgan fingerprint density at radius 1 is 1.30 bits per heavy atom. The van der Waals surface area contributed by atoms with Gasteiger partial charge < -0.3 is 0 Å². The molecule has 0 aromatic rings. The Morgan fingerprint density at radius 3 is 2.50 bits per heavy atom. The molecule has 0 aromatic carbocycles. The van der Waals surface area contributed by atoms with Gasteiger partial charge in [-0.05, 0) is 12.3 Å². The summed E-state index contributed by atoms with van der Waals surface area (Å²) in [6.45, 7) is 4.50. The highest BCUT2D eigenvalue weighted by molar-refractivity contribution is 9.10. The van der Waals surface area contributed by atoms with Gasteiger partial charge in [-0.2, -0.15) is 0 Å². The highest BCUT2D eigenvalue weighted by atomic mass is 79.9. The SMILES string of the molecule is CCCCCCC(C)[CH]Br. The van der Waals surface area contributed by atoms with E-state index in [2.05, 4.69) is 35.1 Å². The predicted molar refractivity (Wildman–Crippen MR) is 51.2 cm³/mol. The smallest absolute Gasteiger partial charge is 0.0299 e. The second-order valence-corrected chi connectivity index (χ2v) is 3.48. The Bertz CT molecular complexity index is 61.7. The molecule has 10 heavy (non-hydrogen) atoms. The van der Waals surface area contributed by atoms with Crippen LogP contribution in [0.5, 0.6) is 0 Å². The normalized spacial score (nSPS) is 13.5. The van der Waals surface area contributed by atoms with Crippen LogP contribution in [0.15, 0.2) is 0 Å². The van der Waals surface area contributed by atoms with Gasteiger partial charge in [-0.3, -0.25) is 0 Å². The first-order valence-corrected chi connectivity index (χ1v) is 5.16. The van der Waals surface area contributed by atoms with Gasteiger partial charge in [0.25, 0.3) is 0 Å². The molecule has 1 radical (unpaired) electrons. The molecule has 0 saturated heterocycles. The summed E-state index contributed by atoms with van der Waals surface area (Å²) in [6, 6.07) is 0. The van der Waals surface area contributed by atoms with E-state index in [1.54, 1.807) is 0 Å². The van der Waals surface area contributed by atoms with E-state index in [0.717, 1.165) is 5.92 Å². The molecule has 0 heterocycles. The lowest BCUT2D eigenvalue weighted by atomic mass is 10.0. The minimum absolute atomic E-state index is 0.747. The summed E-state index contributed by atoms with van der Waals surface area (Å²) in [7, 11) is 0. The van der Waals surface area contributed by atoms with Crippen molar-refractivity contribution in [2.45, 2.75) is 46.0 Å². The molecule has 0 amide bonds. The summed E-state index contributed by atoms with van der Waals surface area (Å²) < 4.78 is 0. The lowest BCUT2D eigenvalue weighted by Gasteiger charge is -2.04. The summed E-state index contributed by atoms with van der Waals surface area (Å²) in [5.41, 5.74) is 0. The van der Waals surface area contributed by atoms with E-state index >= 15 is 0 Å². The maximum Gasteiger partial charge on any atom is 0.0299 e. The summed E-state index contributed by atoms with van der Waals surface area (Å²) in [5, 5.41) is 2.11. The van der Waals surface area contributed by atoms with Crippen LogP contribution in [0.2, 0.25) is 0 Å². The van der Waals surface area contributed by atoms with Gasteiger partial charge in [0.15, 0.2) is 0 Å². The van der Waals surface area contributed by atoms with Crippen molar-refractivity contribution in [2.75, 3.05) is 0 Å². The highest BCUT2D eigenvalue weighted by Crippen LogP contribution is 2.15. The van der Waals surface area contributed by atoms with Crippen molar-refractivity contribution in [2.24, 2.45) is 5.92 Å². The van der Waals surface area contributed by atoms with Crippen molar-refractivity contribution in [1.82, 2.24) is 0 Å². The third-order valence-corrected chi connectivity index (χ3v) is 2.63. The third kappa shape index (κ3) is 6.60. The molecule has 1 atom stereocenters. The monoisotopic (exact) mass is 205 g/mol. The zero-order valence-corrected chi connectivity index (χ0v) is 8.65. The van der Waals surface area contributed by atoms with E-state index in [1.165, 1.54) is 32.1 Å². The molecule has 0 aliphatic rings. The van der Waals surface area contributed by atoms with Crippen LogP contribution >= 0.6 is 15.9 Å². The van der Waals surface area contributed by atoms with Crippen molar-refractivity contribution in [3.63, 3.8) is 0 Å². The van der Waals surface area contributed by atoms with Crippen LogP contribution in [-0.2, 0) is 0 Å². The standard InChI is InChI=1S/C9H18Br/c1-3-4-5-6-7-9(2)8-10/h8-9H,3-7H2,1-2H3. The molecule has 0 fully saturated rings. The van der Waals surface area contributed by atoms with Crippen LogP contribution in [0.4, 0.5) is 0 Å². The van der Waals surface area contributed by atoms with Crippen LogP contribution in [-0.4, -0.2) is 0 Å². The summed E-state index contributed by atoms with van der Waals surface area (Å²) in [4.78, 5) is 0. The molecular formula is C9H18Br. The Hall–Kier alpha value is 0.480. The average molecular weight is 206 g/mol. The zero-order chi connectivity index (χ0) is 7.82. The minimum Gasteiger partial charge on any atom is -0.0876 e. The van der Waals surface area contributed by atoms with Gasteiger partial charge in [0, 0.05) is 5.33 Å². The highest BCUT2D eigenvalue weighted by Gasteiger charge is 1.97. The summed E-state index contributed by atoms with van der Waals surface area (Å²) in [6.07, 6.45) is 6.87. The number of unbranched alkanes of at least 4 members (excludes halogenated alkanes) is 3. The summed E-state index contributed by atoms with van der Waals surface area (Å²) >= 11 is 3.36. The molecule has 61 valence electrons. The maximum absolute atomic E-state index is 3.36. The molecule has 0 N–H and O–H groups in total. The maximum atomic E-state index is 3.36. The Balaban J connectivity index is 2.89. The molecule has 0 aliphatic carbocycles. The van der Waals surface area contributed by atoms with Crippen molar-refractivity contribution < 1.29 is 0 Å². The molecule has 1 unspecified atom stereocenters. The Labute approximate surface area is 73.5 Å². The lowest BCUT2D eigenvalue weighted by Crippen LogP contribution is -1.90. The van der Waals surface area contributed by atoms with Crippen LogP contribution in [0.25, 0.3) is 0 Å². The van der Waals surface area contributed by atoms with E-state index in [9.17, 15) is 0 Å². The van der Waals surface area contributed by atoms with Crippen LogP contribution in [0.3, 0.4) is 0 Å². The minimum atomic E-state index is 0.747. The van der Waals surface area contributed by atoms with Crippen LogP contribution in [0, 0.1) is 11.2 Å². The number of hydrogen-bond donors (Lipinski definition) is 0. The molecule has 0 bridgehead atoms. The Kier molecular flexibility index (Phi) is 7.95.